The van der Waals surface area contributed by atoms with Gasteiger partial charge in [0.15, 0.2) is 0 Å². The van der Waals surface area contributed by atoms with Crippen molar-refractivity contribution in [2.75, 3.05) is 18.2 Å². The molecule has 26 heavy (non-hydrogen) atoms. The van der Waals surface area contributed by atoms with Crippen molar-refractivity contribution in [3.8, 4) is 5.75 Å². The highest BCUT2D eigenvalue weighted by atomic mass is 35.5. The van der Waals surface area contributed by atoms with E-state index in [2.05, 4.69) is 15.3 Å². The molecule has 3 N–H and O–H groups in total. The van der Waals surface area contributed by atoms with Crippen molar-refractivity contribution in [3.05, 3.63) is 39.6 Å². The number of carbonyl (C=O) groups is 1. The summed E-state index contributed by atoms with van der Waals surface area (Å²) >= 11 is 7.31. The van der Waals surface area contributed by atoms with Crippen LogP contribution in [0.25, 0.3) is 10.2 Å². The van der Waals surface area contributed by atoms with Gasteiger partial charge in [0.2, 0.25) is 0 Å². The molecule has 2 aromatic heterocycles. The molecule has 1 aliphatic carbocycles. The van der Waals surface area contributed by atoms with Crippen molar-refractivity contribution in [3.63, 3.8) is 0 Å². The highest BCUT2D eigenvalue weighted by Gasteiger charge is 2.29. The largest absolute Gasteiger partial charge is 0.495 e. The Morgan fingerprint density at radius 3 is 2.85 bits per heavy atom. The number of aromatic nitrogens is 2. The first kappa shape index (κ1) is 17.1. The normalized spacial score (nSPS) is 13.8. The van der Waals surface area contributed by atoms with E-state index in [0.717, 1.165) is 34.6 Å². The molecule has 1 amide bonds. The second-order valence-corrected chi connectivity index (χ2v) is 7.70. The number of carbonyl (C=O) groups excluding carboxylic acids is 1. The fourth-order valence-electron chi connectivity index (χ4n) is 2.87. The summed E-state index contributed by atoms with van der Waals surface area (Å²) in [7, 11) is 1.53. The zero-order chi connectivity index (χ0) is 18.4. The maximum Gasteiger partial charge on any atom is 0.268 e. The lowest BCUT2D eigenvalue weighted by atomic mass is 10.2. The number of hydrogen-bond acceptors (Lipinski definition) is 6. The SMILES string of the molecule is COc1ccc(Cl)cc1NC(=O)c1sc2nc(C3CC3)nc(C)c2c1N. The Kier molecular flexibility index (Phi) is 4.20. The number of benzene rings is 1. The van der Waals surface area contributed by atoms with E-state index in [0.29, 0.717) is 32.9 Å². The lowest BCUT2D eigenvalue weighted by molar-refractivity contribution is 0.103. The summed E-state index contributed by atoms with van der Waals surface area (Å²) in [6, 6.07) is 5.03. The predicted octanol–water partition coefficient (Wildman–Crippen LogP) is 4.37. The number of anilines is 2. The molecule has 6 nitrogen and oxygen atoms in total. The molecule has 1 saturated carbocycles. The van der Waals surface area contributed by atoms with Crippen LogP contribution in [0.1, 0.15) is 39.9 Å². The number of methoxy groups -OCH3 is 1. The van der Waals surface area contributed by atoms with Crippen molar-refractivity contribution in [1.82, 2.24) is 9.97 Å². The number of ether oxygens (including phenoxy) is 1. The fourth-order valence-corrected chi connectivity index (χ4v) is 4.09. The summed E-state index contributed by atoms with van der Waals surface area (Å²) < 4.78 is 5.27. The minimum atomic E-state index is -0.321. The molecule has 0 atom stereocenters. The first-order valence-corrected chi connectivity index (χ1v) is 9.38. The highest BCUT2D eigenvalue weighted by Crippen LogP contribution is 2.41. The summed E-state index contributed by atoms with van der Waals surface area (Å²) in [5.41, 5.74) is 7.95. The van der Waals surface area contributed by atoms with Gasteiger partial charge in [-0.3, -0.25) is 4.79 Å². The van der Waals surface area contributed by atoms with E-state index in [9.17, 15) is 4.79 Å². The maximum atomic E-state index is 12.8. The molecule has 0 spiro atoms. The van der Waals surface area contributed by atoms with Crippen LogP contribution >= 0.6 is 22.9 Å². The molecule has 134 valence electrons. The quantitative estimate of drug-likeness (QED) is 0.692. The van der Waals surface area contributed by atoms with Crippen molar-refractivity contribution < 1.29 is 9.53 Å². The van der Waals surface area contributed by atoms with Crippen LogP contribution in [0, 0.1) is 6.92 Å². The van der Waals surface area contributed by atoms with Gasteiger partial charge in [-0.15, -0.1) is 11.3 Å². The average molecular weight is 389 g/mol. The Labute approximate surface area is 159 Å². The Morgan fingerprint density at radius 1 is 1.38 bits per heavy atom. The zero-order valence-electron chi connectivity index (χ0n) is 14.3. The topological polar surface area (TPSA) is 90.1 Å². The van der Waals surface area contributed by atoms with Crippen LogP contribution in [0.3, 0.4) is 0 Å². The number of nitrogens with two attached hydrogens (primary N) is 1. The number of amides is 1. The van der Waals surface area contributed by atoms with Gasteiger partial charge >= 0.3 is 0 Å². The van der Waals surface area contributed by atoms with E-state index in [-0.39, 0.29) is 5.91 Å². The number of nitrogens with one attached hydrogen (secondary N) is 1. The van der Waals surface area contributed by atoms with Gasteiger partial charge in [0.1, 0.15) is 21.3 Å². The average Bonchev–Trinajstić information content (AvgIpc) is 3.39. The smallest absolute Gasteiger partial charge is 0.268 e. The van der Waals surface area contributed by atoms with Gasteiger partial charge in [-0.2, -0.15) is 0 Å². The van der Waals surface area contributed by atoms with Gasteiger partial charge in [0, 0.05) is 10.9 Å². The summed E-state index contributed by atoms with van der Waals surface area (Å²) in [5, 5.41) is 4.08. The lowest BCUT2D eigenvalue weighted by Crippen LogP contribution is -2.12. The standard InChI is InChI=1S/C18H17ClN4O2S/c1-8-13-14(20)15(26-18(13)23-16(21-8)9-3-4-9)17(24)22-11-7-10(19)5-6-12(11)25-2/h5-7,9H,3-4,20H2,1-2H3,(H,22,24). The first-order chi connectivity index (χ1) is 12.5. The van der Waals surface area contributed by atoms with Crippen LogP contribution in [-0.4, -0.2) is 23.0 Å². The third kappa shape index (κ3) is 2.97. The third-order valence-electron chi connectivity index (χ3n) is 4.35. The van der Waals surface area contributed by atoms with E-state index in [1.54, 1.807) is 18.2 Å². The second kappa shape index (κ2) is 6.41. The molecule has 4 rings (SSSR count). The van der Waals surface area contributed by atoms with E-state index in [1.807, 2.05) is 6.92 Å². The minimum Gasteiger partial charge on any atom is -0.495 e. The van der Waals surface area contributed by atoms with Crippen LogP contribution < -0.4 is 15.8 Å². The van der Waals surface area contributed by atoms with E-state index < -0.39 is 0 Å². The molecule has 3 aromatic rings. The van der Waals surface area contributed by atoms with Crippen LogP contribution in [0.5, 0.6) is 5.75 Å². The molecule has 2 heterocycles. The number of halogens is 1. The van der Waals surface area contributed by atoms with Crippen LogP contribution in [0.15, 0.2) is 18.2 Å². The number of nitrogens with zero attached hydrogens (tertiary/aromatic N) is 2. The van der Waals surface area contributed by atoms with Gasteiger partial charge in [0.05, 0.1) is 29.6 Å². The Hall–Kier alpha value is -2.38. The highest BCUT2D eigenvalue weighted by molar-refractivity contribution is 7.21. The van der Waals surface area contributed by atoms with Crippen LogP contribution in [0.4, 0.5) is 11.4 Å². The first-order valence-electron chi connectivity index (χ1n) is 8.19. The summed E-state index contributed by atoms with van der Waals surface area (Å²) in [4.78, 5) is 23.1. The molecule has 0 bridgehead atoms. The van der Waals surface area contributed by atoms with Crippen LogP contribution in [-0.2, 0) is 0 Å². The molecule has 0 aliphatic heterocycles. The number of thiophene rings is 1. The number of rotatable bonds is 4. The second-order valence-electron chi connectivity index (χ2n) is 6.27. The zero-order valence-corrected chi connectivity index (χ0v) is 15.9. The molecule has 1 fully saturated rings. The predicted molar refractivity (Wildman–Crippen MR) is 104 cm³/mol. The van der Waals surface area contributed by atoms with Crippen molar-refractivity contribution in [1.29, 1.82) is 0 Å². The Bertz CT molecular complexity index is 1030. The monoisotopic (exact) mass is 388 g/mol. The van der Waals surface area contributed by atoms with Crippen LogP contribution in [0.2, 0.25) is 5.02 Å². The summed E-state index contributed by atoms with van der Waals surface area (Å²) in [6.07, 6.45) is 2.24. The summed E-state index contributed by atoms with van der Waals surface area (Å²) in [5.74, 6) is 1.49. The Morgan fingerprint density at radius 2 is 2.15 bits per heavy atom. The molecule has 1 aliphatic rings. The molecule has 0 unspecified atom stereocenters. The van der Waals surface area contributed by atoms with Gasteiger partial charge < -0.3 is 15.8 Å². The van der Waals surface area contributed by atoms with E-state index in [1.165, 1.54) is 18.4 Å². The maximum absolute atomic E-state index is 12.8. The van der Waals surface area contributed by atoms with E-state index >= 15 is 0 Å². The van der Waals surface area contributed by atoms with Gasteiger partial charge in [-0.25, -0.2) is 9.97 Å². The summed E-state index contributed by atoms with van der Waals surface area (Å²) in [6.45, 7) is 1.90. The number of hydrogen-bond donors (Lipinski definition) is 2. The molecule has 8 heteroatoms. The van der Waals surface area contributed by atoms with Gasteiger partial charge in [-0.05, 0) is 38.0 Å². The van der Waals surface area contributed by atoms with Crippen molar-refractivity contribution >= 4 is 50.4 Å². The molecular weight excluding hydrogens is 372 g/mol. The molecule has 1 aromatic carbocycles. The van der Waals surface area contributed by atoms with Crippen molar-refractivity contribution in [2.45, 2.75) is 25.7 Å². The number of fused-ring (bicyclic) bond motifs is 1. The number of nitrogen functional groups attached to an aromatic ring is 1. The minimum absolute atomic E-state index is 0.321. The van der Waals surface area contributed by atoms with Gasteiger partial charge in [-0.1, -0.05) is 11.6 Å². The molecule has 0 radical (unpaired) electrons. The molecule has 0 saturated heterocycles. The van der Waals surface area contributed by atoms with Gasteiger partial charge in [0.25, 0.3) is 5.91 Å². The van der Waals surface area contributed by atoms with E-state index in [4.69, 9.17) is 22.1 Å². The third-order valence-corrected chi connectivity index (χ3v) is 5.68. The Balaban J connectivity index is 1.72. The molecular formula is C18H17ClN4O2S. The lowest BCUT2D eigenvalue weighted by Gasteiger charge is -2.10. The number of aryl methyl sites for hydroxylation is 1. The fraction of sp³-hybridized carbons (Fsp3) is 0.278. The van der Waals surface area contributed by atoms with Crippen molar-refractivity contribution in [2.24, 2.45) is 0 Å².